The maximum atomic E-state index is 8.97. The van der Waals surface area contributed by atoms with Crippen LogP contribution >= 0.6 is 0 Å². The van der Waals surface area contributed by atoms with Gasteiger partial charge in [0.1, 0.15) is 11.7 Å². The van der Waals surface area contributed by atoms with Crippen LogP contribution in [0.25, 0.3) is 0 Å². The maximum Gasteiger partial charge on any atom is 0.111 e. The molecule has 0 radical (unpaired) electrons. The van der Waals surface area contributed by atoms with Gasteiger partial charge >= 0.3 is 0 Å². The lowest BCUT2D eigenvalue weighted by Crippen LogP contribution is -2.16. The van der Waals surface area contributed by atoms with E-state index in [2.05, 4.69) is 13.5 Å². The van der Waals surface area contributed by atoms with E-state index in [0.29, 0.717) is 0 Å². The van der Waals surface area contributed by atoms with Gasteiger partial charge in [0, 0.05) is 0 Å². The van der Waals surface area contributed by atoms with Gasteiger partial charge in [-0.05, 0) is 12.8 Å². The number of aliphatic hydroxyl groups excluding tert-OH is 1. The van der Waals surface area contributed by atoms with Gasteiger partial charge in [0.15, 0.2) is 0 Å². The average molecular weight is 184 g/mol. The van der Waals surface area contributed by atoms with Gasteiger partial charge in [-0.2, -0.15) is 0 Å². The Morgan fingerprint density at radius 1 is 1.54 bits per heavy atom. The van der Waals surface area contributed by atoms with E-state index in [4.69, 9.17) is 9.84 Å². The lowest BCUT2D eigenvalue weighted by Gasteiger charge is -2.09. The Balaban J connectivity index is 2.28. The van der Waals surface area contributed by atoms with Gasteiger partial charge in [0.05, 0.1) is 6.61 Å². The monoisotopic (exact) mass is 184 g/mol. The lowest BCUT2D eigenvalue weighted by atomic mass is 9.94. The van der Waals surface area contributed by atoms with Crippen LogP contribution in [0.1, 0.15) is 39.0 Å². The predicted molar refractivity (Wildman–Crippen MR) is 53.6 cm³/mol. The normalized spacial score (nSPS) is 31.7. The summed E-state index contributed by atoms with van der Waals surface area (Å²) in [5.41, 5.74) is -0.0499. The van der Waals surface area contributed by atoms with Crippen LogP contribution in [-0.4, -0.2) is 23.4 Å². The molecule has 2 heteroatoms. The molecule has 1 aliphatic heterocycles. The fraction of sp³-hybridized carbons (Fsp3) is 0.818. The molecule has 1 heterocycles. The number of rotatable bonds is 7. The first-order chi connectivity index (χ1) is 6.29. The molecule has 0 saturated carbocycles. The minimum atomic E-state index is -0.0499. The maximum absolute atomic E-state index is 8.97. The summed E-state index contributed by atoms with van der Waals surface area (Å²) in [6, 6.07) is 0. The summed E-state index contributed by atoms with van der Waals surface area (Å²) >= 11 is 0. The predicted octanol–water partition coefficient (Wildman–Crippen LogP) is 2.27. The first-order valence-corrected chi connectivity index (χ1v) is 5.18. The van der Waals surface area contributed by atoms with Crippen LogP contribution in [0.3, 0.4) is 0 Å². The Kier molecular flexibility index (Phi) is 3.94. The minimum Gasteiger partial charge on any atom is -0.394 e. The summed E-state index contributed by atoms with van der Waals surface area (Å²) in [6.07, 6.45) is 7.58. The summed E-state index contributed by atoms with van der Waals surface area (Å²) in [5, 5.41) is 8.97. The molecule has 0 aromatic carbocycles. The van der Waals surface area contributed by atoms with Crippen LogP contribution in [0.2, 0.25) is 0 Å². The third-order valence-corrected chi connectivity index (χ3v) is 2.77. The molecule has 2 nitrogen and oxygen atoms in total. The topological polar surface area (TPSA) is 32.8 Å². The molecule has 0 bridgehead atoms. The van der Waals surface area contributed by atoms with Crippen molar-refractivity contribution in [3.05, 3.63) is 12.7 Å². The molecule has 0 spiro atoms. The molecule has 1 rings (SSSR count). The smallest absolute Gasteiger partial charge is 0.111 e. The highest BCUT2D eigenvalue weighted by atomic mass is 16.6. The van der Waals surface area contributed by atoms with Crippen molar-refractivity contribution < 1.29 is 9.84 Å². The van der Waals surface area contributed by atoms with E-state index in [9.17, 15) is 0 Å². The number of ether oxygens (including phenoxy) is 1. The Morgan fingerprint density at radius 3 is 2.77 bits per heavy atom. The highest BCUT2D eigenvalue weighted by Gasteiger charge is 2.53. The van der Waals surface area contributed by atoms with Gasteiger partial charge in [0.2, 0.25) is 0 Å². The van der Waals surface area contributed by atoms with E-state index in [-0.39, 0.29) is 18.3 Å². The fourth-order valence-electron chi connectivity index (χ4n) is 1.87. The van der Waals surface area contributed by atoms with Crippen LogP contribution in [0, 0.1) is 0 Å². The van der Waals surface area contributed by atoms with E-state index < -0.39 is 0 Å². The van der Waals surface area contributed by atoms with Gasteiger partial charge < -0.3 is 9.84 Å². The summed E-state index contributed by atoms with van der Waals surface area (Å²) < 4.78 is 5.52. The van der Waals surface area contributed by atoms with Crippen LogP contribution in [0.15, 0.2) is 12.7 Å². The molecule has 13 heavy (non-hydrogen) atoms. The second-order valence-electron chi connectivity index (χ2n) is 3.80. The highest BCUT2D eigenvalue weighted by Crippen LogP contribution is 2.44. The van der Waals surface area contributed by atoms with Crippen molar-refractivity contribution in [2.24, 2.45) is 0 Å². The van der Waals surface area contributed by atoms with Crippen molar-refractivity contribution in [2.45, 2.75) is 50.7 Å². The molecule has 1 N–H and O–H groups in total. The number of aliphatic hydroxyl groups is 1. The van der Waals surface area contributed by atoms with Crippen LogP contribution in [0.4, 0.5) is 0 Å². The molecular weight excluding hydrogens is 164 g/mol. The second-order valence-corrected chi connectivity index (χ2v) is 3.80. The Labute approximate surface area is 80.6 Å². The van der Waals surface area contributed by atoms with E-state index >= 15 is 0 Å². The zero-order valence-electron chi connectivity index (χ0n) is 8.46. The molecule has 2 atom stereocenters. The largest absolute Gasteiger partial charge is 0.394 e. The molecule has 0 amide bonds. The van der Waals surface area contributed by atoms with Gasteiger partial charge in [-0.15, -0.1) is 6.58 Å². The SMILES string of the molecule is C=CCC1(CCCCC)OC1CO. The molecule has 1 saturated heterocycles. The van der Waals surface area contributed by atoms with E-state index in [0.717, 1.165) is 12.8 Å². The number of hydrogen-bond donors (Lipinski definition) is 1. The van der Waals surface area contributed by atoms with Crippen molar-refractivity contribution >= 4 is 0 Å². The summed E-state index contributed by atoms with van der Waals surface area (Å²) in [6.45, 7) is 6.07. The third kappa shape index (κ3) is 2.55. The van der Waals surface area contributed by atoms with E-state index in [1.54, 1.807) is 0 Å². The van der Waals surface area contributed by atoms with Crippen molar-refractivity contribution in [2.75, 3.05) is 6.61 Å². The van der Waals surface area contributed by atoms with Crippen molar-refractivity contribution in [1.29, 1.82) is 0 Å². The Bertz CT molecular complexity index is 167. The third-order valence-electron chi connectivity index (χ3n) is 2.77. The molecule has 0 aliphatic carbocycles. The molecular formula is C11H20O2. The molecule has 0 aromatic rings. The van der Waals surface area contributed by atoms with Crippen LogP contribution in [0.5, 0.6) is 0 Å². The van der Waals surface area contributed by atoms with Crippen molar-refractivity contribution in [3.63, 3.8) is 0 Å². The molecule has 2 unspecified atom stereocenters. The van der Waals surface area contributed by atoms with Crippen molar-refractivity contribution in [3.8, 4) is 0 Å². The van der Waals surface area contributed by atoms with Crippen LogP contribution in [-0.2, 0) is 4.74 Å². The minimum absolute atomic E-state index is 0.0499. The zero-order valence-corrected chi connectivity index (χ0v) is 8.46. The Hall–Kier alpha value is -0.340. The number of hydrogen-bond acceptors (Lipinski definition) is 2. The lowest BCUT2D eigenvalue weighted by molar-refractivity contribution is 0.231. The second kappa shape index (κ2) is 4.77. The highest BCUT2D eigenvalue weighted by molar-refractivity contribution is 5.05. The number of unbranched alkanes of at least 4 members (excludes halogenated alkanes) is 2. The molecule has 76 valence electrons. The first-order valence-electron chi connectivity index (χ1n) is 5.18. The fourth-order valence-corrected chi connectivity index (χ4v) is 1.87. The molecule has 1 fully saturated rings. The molecule has 0 aromatic heterocycles. The quantitative estimate of drug-likeness (QED) is 0.374. The average Bonchev–Trinajstić information content (AvgIpc) is 2.80. The van der Waals surface area contributed by atoms with Gasteiger partial charge in [-0.3, -0.25) is 0 Å². The zero-order chi connectivity index (χ0) is 9.73. The van der Waals surface area contributed by atoms with Gasteiger partial charge in [-0.25, -0.2) is 0 Å². The summed E-state index contributed by atoms with van der Waals surface area (Å²) in [4.78, 5) is 0. The van der Waals surface area contributed by atoms with Crippen molar-refractivity contribution in [1.82, 2.24) is 0 Å². The summed E-state index contributed by atoms with van der Waals surface area (Å²) in [7, 11) is 0. The molecule has 1 aliphatic rings. The standard InChI is InChI=1S/C11H20O2/c1-3-5-6-8-11(7-4-2)10(9-12)13-11/h4,10,12H,2-3,5-9H2,1H3. The number of epoxide rings is 1. The van der Waals surface area contributed by atoms with Gasteiger partial charge in [-0.1, -0.05) is 32.3 Å². The van der Waals surface area contributed by atoms with Crippen LogP contribution < -0.4 is 0 Å². The first kappa shape index (κ1) is 10.7. The summed E-state index contributed by atoms with van der Waals surface area (Å²) in [5.74, 6) is 0. The Morgan fingerprint density at radius 2 is 2.31 bits per heavy atom. The van der Waals surface area contributed by atoms with E-state index in [1.165, 1.54) is 19.3 Å². The van der Waals surface area contributed by atoms with Gasteiger partial charge in [0.25, 0.3) is 0 Å². The van der Waals surface area contributed by atoms with E-state index in [1.807, 2.05) is 6.08 Å².